The highest BCUT2D eigenvalue weighted by atomic mass is 35.5. The lowest BCUT2D eigenvalue weighted by molar-refractivity contribution is 0.150. The molecule has 0 bridgehead atoms. The molecule has 3 nitrogen and oxygen atoms in total. The number of alkyl halides is 2. The Bertz CT molecular complexity index is 401. The minimum absolute atomic E-state index is 0.0563. The number of hydrogen-bond donors (Lipinski definition) is 1. The van der Waals surface area contributed by atoms with E-state index in [9.17, 15) is 8.78 Å². The standard InChI is InChI=1S/C9H8ClF2N3/c10-8-6(1-2-13)15-4-5(3-14)7(8)9(11)12/h4,9H,1,3,14H2. The molecule has 1 aromatic rings. The van der Waals surface area contributed by atoms with Crippen LogP contribution in [0.25, 0.3) is 0 Å². The van der Waals surface area contributed by atoms with Gasteiger partial charge in [-0.05, 0) is 5.56 Å². The van der Waals surface area contributed by atoms with Crippen LogP contribution in [0.1, 0.15) is 23.2 Å². The van der Waals surface area contributed by atoms with E-state index in [1.807, 2.05) is 0 Å². The fourth-order valence-electron chi connectivity index (χ4n) is 1.18. The Morgan fingerprint density at radius 2 is 2.27 bits per heavy atom. The lowest BCUT2D eigenvalue weighted by Crippen LogP contribution is -2.06. The second-order valence-electron chi connectivity index (χ2n) is 2.80. The molecule has 0 aliphatic carbocycles. The van der Waals surface area contributed by atoms with Crippen LogP contribution >= 0.6 is 11.6 Å². The van der Waals surface area contributed by atoms with Crippen molar-refractivity contribution in [3.8, 4) is 6.07 Å². The molecule has 0 spiro atoms. The van der Waals surface area contributed by atoms with E-state index in [-0.39, 0.29) is 34.8 Å². The molecule has 1 heterocycles. The highest BCUT2D eigenvalue weighted by molar-refractivity contribution is 6.32. The van der Waals surface area contributed by atoms with Crippen LogP contribution in [0, 0.1) is 11.3 Å². The smallest absolute Gasteiger partial charge is 0.265 e. The van der Waals surface area contributed by atoms with E-state index in [1.54, 1.807) is 6.07 Å². The van der Waals surface area contributed by atoms with Crippen LogP contribution in [0.2, 0.25) is 5.02 Å². The van der Waals surface area contributed by atoms with E-state index in [4.69, 9.17) is 22.6 Å². The summed E-state index contributed by atoms with van der Waals surface area (Å²) in [7, 11) is 0. The largest absolute Gasteiger partial charge is 0.326 e. The molecule has 1 rings (SSSR count). The van der Waals surface area contributed by atoms with Crippen LogP contribution in [-0.4, -0.2) is 4.98 Å². The van der Waals surface area contributed by atoms with Gasteiger partial charge in [0.2, 0.25) is 0 Å². The van der Waals surface area contributed by atoms with Gasteiger partial charge in [0.15, 0.2) is 0 Å². The second-order valence-corrected chi connectivity index (χ2v) is 3.18. The Labute approximate surface area is 90.5 Å². The molecule has 15 heavy (non-hydrogen) atoms. The maximum atomic E-state index is 12.6. The Kier molecular flexibility index (Phi) is 3.95. The van der Waals surface area contributed by atoms with Crippen molar-refractivity contribution in [2.75, 3.05) is 0 Å². The third-order valence-corrected chi connectivity index (χ3v) is 2.32. The zero-order valence-electron chi connectivity index (χ0n) is 7.67. The predicted molar refractivity (Wildman–Crippen MR) is 51.4 cm³/mol. The van der Waals surface area contributed by atoms with Gasteiger partial charge >= 0.3 is 0 Å². The molecule has 0 aromatic carbocycles. The number of halogens is 3. The van der Waals surface area contributed by atoms with Gasteiger partial charge in [0.05, 0.1) is 23.2 Å². The highest BCUT2D eigenvalue weighted by Crippen LogP contribution is 2.31. The van der Waals surface area contributed by atoms with Gasteiger partial charge in [-0.2, -0.15) is 5.26 Å². The van der Waals surface area contributed by atoms with Gasteiger partial charge in [-0.15, -0.1) is 0 Å². The summed E-state index contributed by atoms with van der Waals surface area (Å²) >= 11 is 5.72. The number of hydrogen-bond acceptors (Lipinski definition) is 3. The maximum Gasteiger partial charge on any atom is 0.265 e. The van der Waals surface area contributed by atoms with Gasteiger partial charge in [-0.3, -0.25) is 4.98 Å². The average molecular weight is 232 g/mol. The van der Waals surface area contributed by atoms with Crippen molar-refractivity contribution in [1.29, 1.82) is 5.26 Å². The van der Waals surface area contributed by atoms with E-state index in [0.717, 1.165) is 0 Å². The van der Waals surface area contributed by atoms with Gasteiger partial charge in [-0.25, -0.2) is 8.78 Å². The lowest BCUT2D eigenvalue weighted by Gasteiger charge is -2.10. The monoisotopic (exact) mass is 231 g/mol. The molecule has 6 heteroatoms. The first-order chi connectivity index (χ1) is 7.11. The minimum atomic E-state index is -2.71. The summed E-state index contributed by atoms with van der Waals surface area (Å²) in [5, 5.41) is 8.28. The molecule has 0 amide bonds. The molecule has 0 atom stereocenters. The molecule has 1 aromatic heterocycles. The Morgan fingerprint density at radius 1 is 1.60 bits per heavy atom. The Morgan fingerprint density at radius 3 is 2.73 bits per heavy atom. The first-order valence-corrected chi connectivity index (χ1v) is 4.51. The fraction of sp³-hybridized carbons (Fsp3) is 0.333. The van der Waals surface area contributed by atoms with Gasteiger partial charge < -0.3 is 5.73 Å². The molecule has 0 aliphatic rings. The van der Waals surface area contributed by atoms with E-state index in [2.05, 4.69) is 4.98 Å². The van der Waals surface area contributed by atoms with Crippen LogP contribution in [-0.2, 0) is 13.0 Å². The number of pyridine rings is 1. The number of rotatable bonds is 3. The SMILES string of the molecule is N#CCc1ncc(CN)c(C(F)F)c1Cl. The number of nitrogens with zero attached hydrogens (tertiary/aromatic N) is 2. The molecule has 2 N–H and O–H groups in total. The van der Waals surface area contributed by atoms with Crippen molar-refractivity contribution in [2.24, 2.45) is 5.73 Å². The maximum absolute atomic E-state index is 12.6. The van der Waals surface area contributed by atoms with Crippen molar-refractivity contribution < 1.29 is 8.78 Å². The van der Waals surface area contributed by atoms with Crippen molar-refractivity contribution in [2.45, 2.75) is 19.4 Å². The van der Waals surface area contributed by atoms with E-state index in [1.165, 1.54) is 6.20 Å². The summed E-state index contributed by atoms with van der Waals surface area (Å²) < 4.78 is 25.3. The molecular weight excluding hydrogens is 224 g/mol. The summed E-state index contributed by atoms with van der Waals surface area (Å²) in [6.07, 6.45) is -1.57. The highest BCUT2D eigenvalue weighted by Gasteiger charge is 2.19. The van der Waals surface area contributed by atoms with E-state index >= 15 is 0 Å². The average Bonchev–Trinajstić information content (AvgIpc) is 2.20. The second kappa shape index (κ2) is 5.01. The Balaban J connectivity index is 3.30. The van der Waals surface area contributed by atoms with E-state index < -0.39 is 6.43 Å². The quantitative estimate of drug-likeness (QED) is 0.867. The summed E-state index contributed by atoms with van der Waals surface area (Å²) in [5.41, 5.74) is 5.33. The predicted octanol–water partition coefficient (Wildman–Crippen LogP) is 2.20. The van der Waals surface area contributed by atoms with Gasteiger partial charge in [-0.1, -0.05) is 11.6 Å². The number of aromatic nitrogens is 1. The van der Waals surface area contributed by atoms with Gasteiger partial charge in [0.25, 0.3) is 6.43 Å². The zero-order valence-corrected chi connectivity index (χ0v) is 8.43. The van der Waals surface area contributed by atoms with Gasteiger partial charge in [0, 0.05) is 18.3 Å². The molecule has 0 aliphatic heterocycles. The third kappa shape index (κ3) is 2.41. The van der Waals surface area contributed by atoms with Crippen molar-refractivity contribution >= 4 is 11.6 Å². The van der Waals surface area contributed by atoms with Crippen LogP contribution in [0.15, 0.2) is 6.20 Å². The third-order valence-electron chi connectivity index (χ3n) is 1.90. The van der Waals surface area contributed by atoms with Crippen molar-refractivity contribution in [1.82, 2.24) is 4.98 Å². The molecule has 0 saturated heterocycles. The molecule has 0 unspecified atom stereocenters. The minimum Gasteiger partial charge on any atom is -0.326 e. The summed E-state index contributed by atoms with van der Waals surface area (Å²) in [4.78, 5) is 3.81. The lowest BCUT2D eigenvalue weighted by atomic mass is 10.1. The van der Waals surface area contributed by atoms with Crippen LogP contribution in [0.3, 0.4) is 0 Å². The number of nitrogens with two attached hydrogens (primary N) is 1. The van der Waals surface area contributed by atoms with Gasteiger partial charge in [0.1, 0.15) is 0 Å². The summed E-state index contributed by atoms with van der Waals surface area (Å²) in [6, 6.07) is 1.81. The Hall–Kier alpha value is -1.25. The first kappa shape index (κ1) is 11.8. The summed E-state index contributed by atoms with van der Waals surface area (Å²) in [5.74, 6) is 0. The zero-order chi connectivity index (χ0) is 11.4. The first-order valence-electron chi connectivity index (χ1n) is 4.13. The molecule has 80 valence electrons. The van der Waals surface area contributed by atoms with Crippen LogP contribution in [0.4, 0.5) is 8.78 Å². The normalized spacial score (nSPS) is 10.4. The van der Waals surface area contributed by atoms with Crippen LogP contribution < -0.4 is 5.73 Å². The van der Waals surface area contributed by atoms with Crippen molar-refractivity contribution in [3.05, 3.63) is 28.0 Å². The molecule has 0 radical (unpaired) electrons. The number of nitriles is 1. The van der Waals surface area contributed by atoms with Crippen LogP contribution in [0.5, 0.6) is 0 Å². The molecule has 0 fully saturated rings. The molecule has 0 saturated carbocycles. The van der Waals surface area contributed by atoms with E-state index in [0.29, 0.717) is 0 Å². The molecular formula is C9H8ClF2N3. The van der Waals surface area contributed by atoms with Crippen molar-refractivity contribution in [3.63, 3.8) is 0 Å². The topological polar surface area (TPSA) is 62.7 Å². The fourth-order valence-corrected chi connectivity index (χ4v) is 1.49. The summed E-state index contributed by atoms with van der Waals surface area (Å²) in [6.45, 7) is -0.0563.